The number of nitrogens with zero attached hydrogens (tertiary/aromatic N) is 1. The third-order valence-corrected chi connectivity index (χ3v) is 9.82. The monoisotopic (exact) mass is 471 g/mol. The Morgan fingerprint density at radius 1 is 0.536 bits per heavy atom. The van der Waals surface area contributed by atoms with Crippen molar-refractivity contribution in [3.05, 3.63) is 121 Å². The van der Waals surface area contributed by atoms with Gasteiger partial charge in [0.2, 0.25) is 0 Å². The molecule has 0 aliphatic heterocycles. The molecule has 0 bridgehead atoms. The van der Waals surface area contributed by atoms with Crippen molar-refractivity contribution in [2.45, 2.75) is 6.16 Å². The van der Waals surface area contributed by atoms with Crippen LogP contribution in [0.4, 0.5) is 0 Å². The zero-order valence-corrected chi connectivity index (χ0v) is 19.0. The molecular weight excluding hydrogens is 449 g/mol. The minimum absolute atomic E-state index is 0. The molecule has 0 spiro atoms. The molecule has 0 saturated heterocycles. The summed E-state index contributed by atoms with van der Waals surface area (Å²) in [6.07, 6.45) is 2.85. The van der Waals surface area contributed by atoms with E-state index in [0.717, 1.165) is 11.9 Å². The molecule has 0 N–H and O–H groups in total. The second-order valence-corrected chi connectivity index (χ2v) is 10.4. The summed E-state index contributed by atoms with van der Waals surface area (Å²) < 4.78 is 0. The molecule has 4 heteroatoms. The first kappa shape index (κ1) is 22.3. The average molecular weight is 473 g/mol. The van der Waals surface area contributed by atoms with Gasteiger partial charge in [-0.05, 0) is 0 Å². The van der Waals surface area contributed by atoms with Crippen molar-refractivity contribution in [1.29, 1.82) is 0 Å². The Morgan fingerprint density at radius 3 is 1.29 bits per heavy atom. The Morgan fingerprint density at radius 2 is 0.929 bits per heavy atom. The van der Waals surface area contributed by atoms with E-state index in [1.54, 1.807) is 0 Å². The molecule has 28 heavy (non-hydrogen) atoms. The van der Waals surface area contributed by atoms with E-state index >= 15 is 0 Å². The molecule has 0 aliphatic carbocycles. The van der Waals surface area contributed by atoms with Crippen LogP contribution in [0.15, 0.2) is 115 Å². The molecule has 1 nitrogen and oxygen atoms in total. The van der Waals surface area contributed by atoms with Gasteiger partial charge in [-0.15, -0.1) is 29.4 Å². The SMILES string of the molecule is Br.Cl.c1ccc([PH](Cc2ccccn2)(c2ccccc2)c2ccccc2)cc1. The summed E-state index contributed by atoms with van der Waals surface area (Å²) in [5.74, 6) is 0. The Bertz CT molecular complexity index is 854. The maximum absolute atomic E-state index is 4.67. The predicted molar refractivity (Wildman–Crippen MR) is 132 cm³/mol. The van der Waals surface area contributed by atoms with E-state index in [9.17, 15) is 0 Å². The van der Waals surface area contributed by atoms with Crippen molar-refractivity contribution in [1.82, 2.24) is 4.98 Å². The van der Waals surface area contributed by atoms with Crippen LogP contribution in [0.25, 0.3) is 0 Å². The number of aromatic nitrogens is 1. The molecule has 0 atom stereocenters. The van der Waals surface area contributed by atoms with Crippen LogP contribution in [0.5, 0.6) is 0 Å². The van der Waals surface area contributed by atoms with Crippen LogP contribution in [-0.4, -0.2) is 4.98 Å². The second-order valence-electron chi connectivity index (χ2n) is 6.50. The quantitative estimate of drug-likeness (QED) is 0.359. The van der Waals surface area contributed by atoms with E-state index in [1.165, 1.54) is 15.9 Å². The van der Waals surface area contributed by atoms with Crippen molar-refractivity contribution in [3.8, 4) is 0 Å². The molecule has 0 radical (unpaired) electrons. The number of hydrogen-bond donors (Lipinski definition) is 0. The zero-order chi connectivity index (χ0) is 17.7. The average Bonchev–Trinajstić information content (AvgIpc) is 2.75. The fourth-order valence-electron chi connectivity index (χ4n) is 3.75. The summed E-state index contributed by atoms with van der Waals surface area (Å²) in [7, 11) is -2.23. The van der Waals surface area contributed by atoms with Crippen molar-refractivity contribution in [2.75, 3.05) is 0 Å². The number of pyridine rings is 1. The number of benzene rings is 3. The van der Waals surface area contributed by atoms with E-state index in [1.807, 2.05) is 12.3 Å². The second kappa shape index (κ2) is 10.5. The minimum atomic E-state index is -2.23. The van der Waals surface area contributed by atoms with Crippen LogP contribution in [0, 0.1) is 0 Å². The summed E-state index contributed by atoms with van der Waals surface area (Å²) in [5, 5.41) is 4.26. The standard InChI is InChI=1S/C24H22NP.BrH.ClH/c1-4-13-22(14-5-1)26(23-15-6-2-7-16-23,24-17-8-3-9-18-24)20-21-12-10-11-19-25-21;;/h1-19,26H,20H2;2*1H. The molecule has 0 amide bonds. The molecule has 1 aromatic heterocycles. The van der Waals surface area contributed by atoms with E-state index < -0.39 is 7.26 Å². The molecule has 0 unspecified atom stereocenters. The first-order valence-electron chi connectivity index (χ1n) is 8.96. The third-order valence-electron chi connectivity index (χ3n) is 4.97. The van der Waals surface area contributed by atoms with Gasteiger partial charge < -0.3 is 0 Å². The van der Waals surface area contributed by atoms with Gasteiger partial charge in [0, 0.05) is 0 Å². The molecule has 0 aliphatic rings. The van der Waals surface area contributed by atoms with Crippen LogP contribution in [-0.2, 0) is 6.16 Å². The Balaban J connectivity index is 0.00000140. The van der Waals surface area contributed by atoms with Crippen molar-refractivity contribution in [3.63, 3.8) is 0 Å². The van der Waals surface area contributed by atoms with Gasteiger partial charge in [-0.2, -0.15) is 0 Å². The first-order valence-corrected chi connectivity index (χ1v) is 11.2. The van der Waals surface area contributed by atoms with Crippen LogP contribution < -0.4 is 15.9 Å². The maximum atomic E-state index is 4.67. The van der Waals surface area contributed by atoms with Gasteiger partial charge in [0.05, 0.1) is 0 Å². The number of rotatable bonds is 5. The Labute approximate surface area is 184 Å². The molecular formula is C24H24BrClNP. The van der Waals surface area contributed by atoms with Crippen LogP contribution in [0.2, 0.25) is 0 Å². The summed E-state index contributed by atoms with van der Waals surface area (Å²) in [6, 6.07) is 39.2. The van der Waals surface area contributed by atoms with Gasteiger partial charge in [0.25, 0.3) is 0 Å². The molecule has 4 rings (SSSR count). The van der Waals surface area contributed by atoms with Crippen molar-refractivity contribution >= 4 is 52.6 Å². The first-order chi connectivity index (χ1) is 12.9. The Kier molecular flexibility index (Phi) is 8.38. The van der Waals surface area contributed by atoms with Crippen molar-refractivity contribution < 1.29 is 0 Å². The summed E-state index contributed by atoms with van der Waals surface area (Å²) >= 11 is 0. The Hall–Kier alpha value is -1.99. The summed E-state index contributed by atoms with van der Waals surface area (Å²) in [4.78, 5) is 4.67. The zero-order valence-electron chi connectivity index (χ0n) is 15.4. The van der Waals surface area contributed by atoms with E-state index in [2.05, 4.69) is 108 Å². The molecule has 0 fully saturated rings. The summed E-state index contributed by atoms with van der Waals surface area (Å²) in [6.45, 7) is 0. The van der Waals surface area contributed by atoms with Crippen molar-refractivity contribution in [2.24, 2.45) is 0 Å². The van der Waals surface area contributed by atoms with E-state index in [4.69, 9.17) is 0 Å². The molecule has 144 valence electrons. The van der Waals surface area contributed by atoms with E-state index in [-0.39, 0.29) is 29.4 Å². The molecule has 4 aromatic rings. The number of hydrogen-bond acceptors (Lipinski definition) is 1. The van der Waals surface area contributed by atoms with Crippen LogP contribution >= 0.6 is 36.7 Å². The van der Waals surface area contributed by atoms with Crippen LogP contribution in [0.1, 0.15) is 5.69 Å². The van der Waals surface area contributed by atoms with Gasteiger partial charge in [-0.1, -0.05) is 0 Å². The topological polar surface area (TPSA) is 12.9 Å². The normalized spacial score (nSPS) is 11.0. The van der Waals surface area contributed by atoms with Gasteiger partial charge in [0.1, 0.15) is 0 Å². The summed E-state index contributed by atoms with van der Waals surface area (Å²) in [5.41, 5.74) is 1.15. The number of halogens is 2. The molecule has 1 heterocycles. The van der Waals surface area contributed by atoms with Gasteiger partial charge >= 0.3 is 155 Å². The van der Waals surface area contributed by atoms with Gasteiger partial charge in [0.15, 0.2) is 0 Å². The fourth-order valence-corrected chi connectivity index (χ4v) is 8.40. The fraction of sp³-hybridized carbons (Fsp3) is 0.0417. The van der Waals surface area contributed by atoms with E-state index in [0.29, 0.717) is 0 Å². The molecule has 3 aromatic carbocycles. The predicted octanol–water partition coefficient (Wildman–Crippen LogP) is 5.31. The van der Waals surface area contributed by atoms with Gasteiger partial charge in [-0.3, -0.25) is 0 Å². The van der Waals surface area contributed by atoms with Crippen LogP contribution in [0.3, 0.4) is 0 Å². The molecule has 0 saturated carbocycles. The van der Waals surface area contributed by atoms with Gasteiger partial charge in [-0.25, -0.2) is 0 Å². The third kappa shape index (κ3) is 4.52.